The van der Waals surface area contributed by atoms with Crippen LogP contribution >= 0.6 is 0 Å². The van der Waals surface area contributed by atoms with Gasteiger partial charge < -0.3 is 20.6 Å². The van der Waals surface area contributed by atoms with Crippen molar-refractivity contribution in [1.82, 2.24) is 5.32 Å². The molecule has 11 atom stereocenters. The maximum absolute atomic E-state index is 12.3. The summed E-state index contributed by atoms with van der Waals surface area (Å²) in [5.74, 6) is 1.22. The van der Waals surface area contributed by atoms with Crippen molar-refractivity contribution in [1.29, 1.82) is 0 Å². The number of carbonyl (C=O) groups excluding carboxylic acids is 1. The van der Waals surface area contributed by atoms with Gasteiger partial charge in [-0.3, -0.25) is 9.35 Å². The Morgan fingerprint density at radius 2 is 1.81 bits per heavy atom. The van der Waals surface area contributed by atoms with Crippen LogP contribution in [0.2, 0.25) is 0 Å². The predicted molar refractivity (Wildman–Crippen MR) is 133 cm³/mol. The van der Waals surface area contributed by atoms with Gasteiger partial charge in [0.15, 0.2) is 0 Å². The number of rotatable bonds is 8. The summed E-state index contributed by atoms with van der Waals surface area (Å²) < 4.78 is 34.0. The van der Waals surface area contributed by atoms with E-state index < -0.39 is 22.6 Å². The SMILES string of the molecule is CC(CCC(=O)NCCOS(=O)(=O)O)[C@H]1CCC2C3C(C[C@H](O)[C@@]21C)[C@@]1(C)CC[C@@H](O)CC1C[C@H]3O. The van der Waals surface area contributed by atoms with Crippen LogP contribution in [0.3, 0.4) is 0 Å². The van der Waals surface area contributed by atoms with Gasteiger partial charge in [-0.05, 0) is 97.7 Å². The van der Waals surface area contributed by atoms with E-state index in [1.54, 1.807) is 0 Å². The Morgan fingerprint density at radius 3 is 2.50 bits per heavy atom. The van der Waals surface area contributed by atoms with Crippen molar-refractivity contribution in [2.24, 2.45) is 46.3 Å². The summed E-state index contributed by atoms with van der Waals surface area (Å²) in [5.41, 5.74) is -0.259. The average molecular weight is 532 g/mol. The van der Waals surface area contributed by atoms with Crippen molar-refractivity contribution in [3.05, 3.63) is 0 Å². The van der Waals surface area contributed by atoms with Gasteiger partial charge in [0.25, 0.3) is 0 Å². The van der Waals surface area contributed by atoms with Crippen LogP contribution in [-0.2, 0) is 19.4 Å². The third-order valence-electron chi connectivity index (χ3n) is 11.0. The van der Waals surface area contributed by atoms with Gasteiger partial charge in [-0.1, -0.05) is 20.8 Å². The van der Waals surface area contributed by atoms with Crippen molar-refractivity contribution in [3.63, 3.8) is 0 Å². The number of aliphatic hydroxyl groups is 3. The second-order valence-corrected chi connectivity index (χ2v) is 13.7. The maximum atomic E-state index is 12.3. The molecule has 0 aliphatic heterocycles. The Balaban J connectivity index is 1.39. The molecule has 0 aromatic carbocycles. The third-order valence-corrected chi connectivity index (χ3v) is 11.5. The second kappa shape index (κ2) is 10.4. The van der Waals surface area contributed by atoms with Crippen molar-refractivity contribution in [3.8, 4) is 0 Å². The third kappa shape index (κ3) is 5.23. The highest BCUT2D eigenvalue weighted by molar-refractivity contribution is 7.80. The number of nitrogens with one attached hydrogen (secondary N) is 1. The van der Waals surface area contributed by atoms with E-state index in [9.17, 15) is 28.5 Å². The molecular formula is C26H45NO8S. The van der Waals surface area contributed by atoms with Crippen molar-refractivity contribution in [2.75, 3.05) is 13.2 Å². The van der Waals surface area contributed by atoms with Crippen molar-refractivity contribution in [2.45, 2.75) is 96.9 Å². The molecule has 0 saturated heterocycles. The molecule has 5 N–H and O–H groups in total. The first-order valence-corrected chi connectivity index (χ1v) is 15.1. The molecule has 208 valence electrons. The largest absolute Gasteiger partial charge is 0.397 e. The predicted octanol–water partition coefficient (Wildman–Crippen LogP) is 2.30. The second-order valence-electron chi connectivity index (χ2n) is 12.6. The number of fused-ring (bicyclic) bond motifs is 5. The molecule has 0 aromatic rings. The summed E-state index contributed by atoms with van der Waals surface area (Å²) in [4.78, 5) is 12.3. The summed E-state index contributed by atoms with van der Waals surface area (Å²) in [7, 11) is -4.51. The van der Waals surface area contributed by atoms with E-state index in [-0.39, 0.29) is 72.0 Å². The Morgan fingerprint density at radius 1 is 1.08 bits per heavy atom. The Hall–Kier alpha value is -0.780. The molecule has 0 bridgehead atoms. The lowest BCUT2D eigenvalue weighted by Crippen LogP contribution is -2.62. The summed E-state index contributed by atoms with van der Waals surface area (Å²) in [6.07, 6.45) is 5.67. The molecule has 4 rings (SSSR count). The molecule has 0 heterocycles. The van der Waals surface area contributed by atoms with Gasteiger partial charge >= 0.3 is 10.4 Å². The molecule has 4 aliphatic carbocycles. The number of carbonyl (C=O) groups is 1. The number of aliphatic hydroxyl groups excluding tert-OH is 3. The molecule has 0 spiro atoms. The summed E-state index contributed by atoms with van der Waals surface area (Å²) in [6.45, 7) is 6.34. The van der Waals surface area contributed by atoms with E-state index in [1.165, 1.54) is 0 Å². The van der Waals surface area contributed by atoms with Crippen LogP contribution in [0.5, 0.6) is 0 Å². The number of hydrogen-bond acceptors (Lipinski definition) is 7. The van der Waals surface area contributed by atoms with Gasteiger partial charge in [-0.15, -0.1) is 0 Å². The van der Waals surface area contributed by atoms with E-state index >= 15 is 0 Å². The van der Waals surface area contributed by atoms with Crippen LogP contribution in [0.15, 0.2) is 0 Å². The van der Waals surface area contributed by atoms with Gasteiger partial charge in [-0.2, -0.15) is 8.42 Å². The lowest BCUT2D eigenvalue weighted by atomic mass is 9.43. The first kappa shape index (κ1) is 28.2. The molecular weight excluding hydrogens is 486 g/mol. The van der Waals surface area contributed by atoms with E-state index in [2.05, 4.69) is 30.3 Å². The fraction of sp³-hybridized carbons (Fsp3) is 0.962. The minimum atomic E-state index is -4.51. The molecule has 4 saturated carbocycles. The first-order chi connectivity index (χ1) is 16.8. The minimum absolute atomic E-state index is 0.00726. The zero-order valence-corrected chi connectivity index (χ0v) is 22.6. The monoisotopic (exact) mass is 531 g/mol. The van der Waals surface area contributed by atoms with Crippen LogP contribution < -0.4 is 5.32 Å². The highest BCUT2D eigenvalue weighted by Crippen LogP contribution is 2.68. The van der Waals surface area contributed by atoms with E-state index in [0.717, 1.165) is 38.5 Å². The minimum Gasteiger partial charge on any atom is -0.393 e. The van der Waals surface area contributed by atoms with E-state index in [0.29, 0.717) is 18.8 Å². The zero-order valence-electron chi connectivity index (χ0n) is 21.8. The molecule has 1 amide bonds. The highest BCUT2D eigenvalue weighted by atomic mass is 32.3. The zero-order chi connectivity index (χ0) is 26.5. The van der Waals surface area contributed by atoms with Gasteiger partial charge in [0.05, 0.1) is 24.9 Å². The number of amides is 1. The molecule has 0 radical (unpaired) electrons. The smallest absolute Gasteiger partial charge is 0.393 e. The lowest BCUT2D eigenvalue weighted by Gasteiger charge is -2.63. The Bertz CT molecular complexity index is 914. The van der Waals surface area contributed by atoms with Crippen LogP contribution in [0.1, 0.15) is 78.6 Å². The van der Waals surface area contributed by atoms with Crippen LogP contribution in [0.25, 0.3) is 0 Å². The molecule has 4 fully saturated rings. The molecule has 0 aromatic heterocycles. The van der Waals surface area contributed by atoms with Crippen LogP contribution in [0.4, 0.5) is 0 Å². The van der Waals surface area contributed by atoms with Gasteiger partial charge in [-0.25, -0.2) is 4.18 Å². The standard InChI is InChI=1S/C26H45NO8S/c1-15(4-7-23(31)27-10-11-35-36(32,33)34)18-5-6-19-24-20(14-22(30)26(18,19)3)25(2)9-8-17(28)12-16(25)13-21(24)29/h15-22,24,28-30H,4-14H2,1-3H3,(H,27,31)(H,32,33,34)/t15?,16?,17-,18-,19?,20?,21-,22+,24?,25+,26-/m1/s1. The fourth-order valence-electron chi connectivity index (χ4n) is 9.12. The summed E-state index contributed by atoms with van der Waals surface area (Å²) in [6, 6.07) is 0. The summed E-state index contributed by atoms with van der Waals surface area (Å²) in [5, 5.41) is 35.9. The Labute approximate surface area is 215 Å². The maximum Gasteiger partial charge on any atom is 0.397 e. The van der Waals surface area contributed by atoms with Crippen molar-refractivity contribution < 1.29 is 37.3 Å². The van der Waals surface area contributed by atoms with Gasteiger partial charge in [0, 0.05) is 13.0 Å². The van der Waals surface area contributed by atoms with E-state index in [4.69, 9.17) is 4.55 Å². The fourth-order valence-corrected chi connectivity index (χ4v) is 9.41. The average Bonchev–Trinajstić information content (AvgIpc) is 3.15. The quantitative estimate of drug-likeness (QED) is 0.236. The summed E-state index contributed by atoms with van der Waals surface area (Å²) >= 11 is 0. The molecule has 36 heavy (non-hydrogen) atoms. The normalized spacial score (nSPS) is 45.3. The first-order valence-electron chi connectivity index (χ1n) is 13.7. The van der Waals surface area contributed by atoms with Gasteiger partial charge in [0.1, 0.15) is 0 Å². The molecule has 5 unspecified atom stereocenters. The molecule has 9 nitrogen and oxygen atoms in total. The van der Waals surface area contributed by atoms with Crippen molar-refractivity contribution >= 4 is 16.3 Å². The molecule has 10 heteroatoms. The number of hydrogen-bond donors (Lipinski definition) is 5. The lowest BCUT2D eigenvalue weighted by molar-refractivity contribution is -0.207. The van der Waals surface area contributed by atoms with Crippen LogP contribution in [-0.4, -0.2) is 65.7 Å². The topological polar surface area (TPSA) is 153 Å². The highest BCUT2D eigenvalue weighted by Gasteiger charge is 2.65. The molecule has 4 aliphatic rings. The Kier molecular flexibility index (Phi) is 8.17. The van der Waals surface area contributed by atoms with E-state index in [1.807, 2.05) is 0 Å². The van der Waals surface area contributed by atoms with Gasteiger partial charge in [0.2, 0.25) is 5.91 Å². The van der Waals surface area contributed by atoms with Crippen LogP contribution in [0, 0.1) is 46.3 Å².